The van der Waals surface area contributed by atoms with E-state index >= 15 is 0 Å². The van der Waals surface area contributed by atoms with Crippen LogP contribution in [-0.2, 0) is 9.05 Å². The standard InChI is InChI=1S/C9H12ClF3O2S/c10-16(14,15)6-8-3-7(4-8,5-8)1-2-9(11,12)13/h1-6H2. The second-order valence-corrected chi connectivity index (χ2v) is 8.11. The molecule has 0 saturated heterocycles. The largest absolute Gasteiger partial charge is 0.389 e. The van der Waals surface area contributed by atoms with Gasteiger partial charge in [0.05, 0.1) is 5.75 Å². The fourth-order valence-electron chi connectivity index (χ4n) is 3.42. The molecule has 7 heteroatoms. The zero-order valence-electron chi connectivity index (χ0n) is 8.48. The molecule has 2 nitrogen and oxygen atoms in total. The molecule has 3 aliphatic rings. The highest BCUT2D eigenvalue weighted by atomic mass is 35.7. The third kappa shape index (κ3) is 2.47. The SMILES string of the molecule is O=S(=O)(Cl)CC12CC(CCC(F)(F)F)(C1)C2. The van der Waals surface area contributed by atoms with Crippen molar-refractivity contribution < 1.29 is 21.6 Å². The number of alkyl halides is 3. The van der Waals surface area contributed by atoms with Crippen molar-refractivity contribution in [3.05, 3.63) is 0 Å². The first kappa shape index (κ1) is 12.5. The van der Waals surface area contributed by atoms with E-state index in [1.165, 1.54) is 0 Å². The van der Waals surface area contributed by atoms with E-state index in [0.29, 0.717) is 19.3 Å². The molecule has 3 aliphatic carbocycles. The first-order chi connectivity index (χ1) is 7.04. The maximum atomic E-state index is 12.0. The highest BCUT2D eigenvalue weighted by molar-refractivity contribution is 8.13. The smallest absolute Gasteiger partial charge is 0.212 e. The Kier molecular flexibility index (Phi) is 2.56. The van der Waals surface area contributed by atoms with Crippen molar-refractivity contribution in [2.24, 2.45) is 10.8 Å². The van der Waals surface area contributed by atoms with Gasteiger partial charge in [0, 0.05) is 17.1 Å². The van der Waals surface area contributed by atoms with E-state index in [0.717, 1.165) is 0 Å². The Hall–Kier alpha value is 0.0300. The number of hydrogen-bond acceptors (Lipinski definition) is 2. The Morgan fingerprint density at radius 1 is 1.12 bits per heavy atom. The lowest BCUT2D eigenvalue weighted by Gasteiger charge is -2.71. The van der Waals surface area contributed by atoms with Gasteiger partial charge >= 0.3 is 6.18 Å². The van der Waals surface area contributed by atoms with Gasteiger partial charge in [-0.1, -0.05) is 0 Å². The summed E-state index contributed by atoms with van der Waals surface area (Å²) in [5, 5.41) is 0. The molecule has 94 valence electrons. The Bertz CT molecular complexity index is 382. The molecule has 0 heterocycles. The van der Waals surface area contributed by atoms with Crippen molar-refractivity contribution in [1.29, 1.82) is 0 Å². The molecule has 0 atom stereocenters. The van der Waals surface area contributed by atoms with Gasteiger partial charge in [0.1, 0.15) is 0 Å². The van der Waals surface area contributed by atoms with Crippen LogP contribution in [0.4, 0.5) is 13.2 Å². The third-order valence-corrected chi connectivity index (χ3v) is 4.95. The summed E-state index contributed by atoms with van der Waals surface area (Å²) >= 11 is 0. The average Bonchev–Trinajstić information content (AvgIpc) is 1.86. The summed E-state index contributed by atoms with van der Waals surface area (Å²) in [7, 11) is 1.62. The molecule has 0 aromatic rings. The quantitative estimate of drug-likeness (QED) is 0.740. The van der Waals surface area contributed by atoms with Gasteiger partial charge in [0.2, 0.25) is 9.05 Å². The monoisotopic (exact) mass is 276 g/mol. The predicted octanol–water partition coefficient (Wildman–Crippen LogP) is 3.07. The lowest BCUT2D eigenvalue weighted by Crippen LogP contribution is -2.64. The molecule has 0 aliphatic heterocycles. The number of hydrogen-bond donors (Lipinski definition) is 0. The molecule has 3 rings (SSSR count). The first-order valence-electron chi connectivity index (χ1n) is 5.03. The van der Waals surface area contributed by atoms with E-state index in [1.54, 1.807) is 0 Å². The molecular formula is C9H12ClF3O2S. The molecule has 0 N–H and O–H groups in total. The normalized spacial score (nSPS) is 37.8. The van der Waals surface area contributed by atoms with Crippen LogP contribution >= 0.6 is 10.7 Å². The topological polar surface area (TPSA) is 34.1 Å². The van der Waals surface area contributed by atoms with Crippen LogP contribution in [0.3, 0.4) is 0 Å². The lowest BCUT2D eigenvalue weighted by molar-refractivity contribution is -0.214. The minimum absolute atomic E-state index is 0.0880. The van der Waals surface area contributed by atoms with Crippen molar-refractivity contribution >= 4 is 19.7 Å². The van der Waals surface area contributed by atoms with Crippen LogP contribution in [0.15, 0.2) is 0 Å². The van der Waals surface area contributed by atoms with Crippen LogP contribution in [0, 0.1) is 10.8 Å². The summed E-state index contributed by atoms with van der Waals surface area (Å²) in [4.78, 5) is 0. The minimum atomic E-state index is -4.11. The summed E-state index contributed by atoms with van der Waals surface area (Å²) in [6.45, 7) is 0. The van der Waals surface area contributed by atoms with Crippen LogP contribution in [0.2, 0.25) is 0 Å². The fourth-order valence-corrected chi connectivity index (χ4v) is 5.15. The van der Waals surface area contributed by atoms with Gasteiger partial charge < -0.3 is 0 Å². The molecule has 3 fully saturated rings. The van der Waals surface area contributed by atoms with Crippen LogP contribution < -0.4 is 0 Å². The lowest BCUT2D eigenvalue weighted by atomic mass is 9.35. The zero-order valence-corrected chi connectivity index (χ0v) is 10.1. The summed E-state index contributed by atoms with van der Waals surface area (Å²) in [6.07, 6.45) is -3.00. The van der Waals surface area contributed by atoms with Gasteiger partial charge in [-0.15, -0.1) is 0 Å². The molecule has 0 spiro atoms. The Morgan fingerprint density at radius 3 is 2.00 bits per heavy atom. The number of rotatable bonds is 4. The second kappa shape index (κ2) is 3.28. The highest BCUT2D eigenvalue weighted by Crippen LogP contribution is 2.75. The Labute approximate surface area is 96.6 Å². The van der Waals surface area contributed by atoms with Gasteiger partial charge in [-0.05, 0) is 36.5 Å². The van der Waals surface area contributed by atoms with Crippen molar-refractivity contribution in [3.63, 3.8) is 0 Å². The van der Waals surface area contributed by atoms with E-state index in [1.807, 2.05) is 0 Å². The van der Waals surface area contributed by atoms with Gasteiger partial charge in [-0.3, -0.25) is 0 Å². The van der Waals surface area contributed by atoms with E-state index < -0.39 is 21.6 Å². The molecule has 16 heavy (non-hydrogen) atoms. The summed E-state index contributed by atoms with van der Waals surface area (Å²) in [6, 6.07) is 0. The van der Waals surface area contributed by atoms with E-state index in [4.69, 9.17) is 10.7 Å². The van der Waals surface area contributed by atoms with E-state index in [-0.39, 0.29) is 23.0 Å². The molecule has 0 aromatic carbocycles. The van der Waals surface area contributed by atoms with Crippen LogP contribution in [0.25, 0.3) is 0 Å². The van der Waals surface area contributed by atoms with Gasteiger partial charge in [-0.2, -0.15) is 13.2 Å². The molecule has 2 bridgehead atoms. The van der Waals surface area contributed by atoms with Gasteiger partial charge in [0.25, 0.3) is 0 Å². The molecule has 0 unspecified atom stereocenters. The maximum Gasteiger partial charge on any atom is 0.389 e. The summed E-state index contributed by atoms with van der Waals surface area (Å²) in [5.41, 5.74) is -0.538. The van der Waals surface area contributed by atoms with Crippen molar-refractivity contribution in [2.45, 2.75) is 38.3 Å². The van der Waals surface area contributed by atoms with Crippen molar-refractivity contribution in [1.82, 2.24) is 0 Å². The number of halogens is 4. The zero-order chi connectivity index (χ0) is 12.2. The van der Waals surface area contributed by atoms with Crippen molar-refractivity contribution in [2.75, 3.05) is 5.75 Å². The average molecular weight is 277 g/mol. The van der Waals surface area contributed by atoms with Crippen LogP contribution in [0.5, 0.6) is 0 Å². The molecular weight excluding hydrogens is 265 g/mol. The van der Waals surface area contributed by atoms with E-state index in [9.17, 15) is 21.6 Å². The molecule has 0 radical (unpaired) electrons. The molecule has 0 amide bonds. The summed E-state index contributed by atoms with van der Waals surface area (Å²) < 4.78 is 57.8. The Morgan fingerprint density at radius 2 is 1.62 bits per heavy atom. The fraction of sp³-hybridized carbons (Fsp3) is 1.00. The Balaban J connectivity index is 1.81. The molecule has 0 aromatic heterocycles. The minimum Gasteiger partial charge on any atom is -0.212 e. The molecule has 3 saturated carbocycles. The summed E-state index contributed by atoms with van der Waals surface area (Å²) in [5.74, 6) is -0.0880. The maximum absolute atomic E-state index is 12.0. The van der Waals surface area contributed by atoms with Gasteiger partial charge in [0.15, 0.2) is 0 Å². The van der Waals surface area contributed by atoms with Crippen LogP contribution in [-0.4, -0.2) is 20.3 Å². The second-order valence-electron chi connectivity index (χ2n) is 5.33. The first-order valence-corrected chi connectivity index (χ1v) is 7.50. The predicted molar refractivity (Wildman–Crippen MR) is 53.6 cm³/mol. The van der Waals surface area contributed by atoms with E-state index in [2.05, 4.69) is 0 Å². The van der Waals surface area contributed by atoms with Gasteiger partial charge in [-0.25, -0.2) is 8.42 Å². The third-order valence-electron chi connectivity index (χ3n) is 3.67. The highest BCUT2D eigenvalue weighted by Gasteiger charge is 2.68. The van der Waals surface area contributed by atoms with Crippen LogP contribution in [0.1, 0.15) is 32.1 Å². The van der Waals surface area contributed by atoms with Crippen molar-refractivity contribution in [3.8, 4) is 0 Å².